The van der Waals surface area contributed by atoms with Crippen LogP contribution in [0, 0.1) is 12.3 Å². The summed E-state index contributed by atoms with van der Waals surface area (Å²) in [5, 5.41) is 4.45. The van der Waals surface area contributed by atoms with Gasteiger partial charge < -0.3 is 4.74 Å². The topological polar surface area (TPSA) is 25.4 Å². The van der Waals surface area contributed by atoms with Crippen LogP contribution in [0.4, 0.5) is 0 Å². The molecular weight excluding hydrogens is 316 g/mol. The molecule has 1 saturated heterocycles. The Morgan fingerprint density at radius 2 is 2.21 bits per heavy atom. The average Bonchev–Trinajstić information content (AvgIpc) is 3.24. The summed E-state index contributed by atoms with van der Waals surface area (Å²) in [6, 6.07) is 6.56. The van der Waals surface area contributed by atoms with E-state index in [2.05, 4.69) is 45.8 Å². The Morgan fingerprint density at radius 3 is 2.92 bits per heavy atom. The van der Waals surface area contributed by atoms with Gasteiger partial charge in [0.2, 0.25) is 0 Å². The minimum atomic E-state index is 0.302. The van der Waals surface area contributed by atoms with Crippen LogP contribution in [0.2, 0.25) is 0 Å². The molecule has 0 aromatic carbocycles. The maximum Gasteiger partial charge on any atom is 0.0535 e. The Bertz CT molecular complexity index is 611. The lowest BCUT2D eigenvalue weighted by Gasteiger charge is -2.29. The molecule has 1 aliphatic rings. The van der Waals surface area contributed by atoms with Crippen LogP contribution in [0.25, 0.3) is 0 Å². The van der Waals surface area contributed by atoms with Gasteiger partial charge in [0.15, 0.2) is 0 Å². The minimum absolute atomic E-state index is 0.302. The summed E-state index contributed by atoms with van der Waals surface area (Å²) in [5.41, 5.74) is 4.17. The lowest BCUT2D eigenvalue weighted by atomic mass is 9.82. The summed E-state index contributed by atoms with van der Waals surface area (Å²) in [7, 11) is 0. The molecule has 2 aromatic rings. The van der Waals surface area contributed by atoms with Crippen LogP contribution in [0.1, 0.15) is 36.6 Å². The summed E-state index contributed by atoms with van der Waals surface area (Å²) in [6.07, 6.45) is 5.63. The van der Waals surface area contributed by atoms with Crippen molar-refractivity contribution in [3.05, 3.63) is 52.0 Å². The third-order valence-corrected chi connectivity index (χ3v) is 5.76. The summed E-state index contributed by atoms with van der Waals surface area (Å²) in [6.45, 7) is 9.11. The summed E-state index contributed by atoms with van der Waals surface area (Å²) in [4.78, 5) is 7.00. The molecule has 0 aliphatic carbocycles. The predicted octanol–water partition coefficient (Wildman–Crippen LogP) is 4.31. The third-order valence-electron chi connectivity index (χ3n) is 5.03. The number of hydrogen-bond acceptors (Lipinski definition) is 4. The van der Waals surface area contributed by atoms with E-state index in [4.69, 9.17) is 4.74 Å². The number of ether oxygens (including phenoxy) is 1. The molecular formula is C20H28N2OS. The fourth-order valence-corrected chi connectivity index (χ4v) is 4.27. The summed E-state index contributed by atoms with van der Waals surface area (Å²) in [5.74, 6) is 0. The van der Waals surface area contributed by atoms with E-state index in [1.54, 1.807) is 11.3 Å². The molecule has 130 valence electrons. The van der Waals surface area contributed by atoms with Crippen molar-refractivity contribution >= 4 is 11.3 Å². The second-order valence-electron chi connectivity index (χ2n) is 7.04. The Labute approximate surface area is 149 Å². The number of rotatable bonds is 8. The molecule has 4 heteroatoms. The van der Waals surface area contributed by atoms with Crippen molar-refractivity contribution in [1.82, 2.24) is 9.88 Å². The van der Waals surface area contributed by atoms with E-state index in [1.165, 1.54) is 24.0 Å². The average molecular weight is 345 g/mol. The minimum Gasteiger partial charge on any atom is -0.381 e. The second kappa shape index (κ2) is 8.24. The second-order valence-corrected chi connectivity index (χ2v) is 7.82. The van der Waals surface area contributed by atoms with Crippen LogP contribution in [0.5, 0.6) is 0 Å². The van der Waals surface area contributed by atoms with Crippen molar-refractivity contribution < 1.29 is 4.74 Å². The van der Waals surface area contributed by atoms with E-state index in [0.29, 0.717) is 5.41 Å². The van der Waals surface area contributed by atoms with Crippen molar-refractivity contribution in [1.29, 1.82) is 0 Å². The van der Waals surface area contributed by atoms with Crippen LogP contribution in [-0.4, -0.2) is 36.2 Å². The summed E-state index contributed by atoms with van der Waals surface area (Å²) >= 11 is 1.79. The molecule has 1 aliphatic heterocycles. The first-order chi connectivity index (χ1) is 11.7. The molecule has 1 atom stereocenters. The molecule has 3 rings (SSSR count). The SMILES string of the molecule is CCOC[C@@]1(CCc2ccsc2)CCN(Cc2ccc(C)nc2)C1. The zero-order chi connectivity index (χ0) is 16.8. The van der Waals surface area contributed by atoms with Gasteiger partial charge in [0.25, 0.3) is 0 Å². The molecule has 0 N–H and O–H groups in total. The van der Waals surface area contributed by atoms with Gasteiger partial charge in [-0.05, 0) is 73.7 Å². The molecule has 0 bridgehead atoms. The van der Waals surface area contributed by atoms with Crippen molar-refractivity contribution in [2.75, 3.05) is 26.3 Å². The Kier molecular flexibility index (Phi) is 6.04. The van der Waals surface area contributed by atoms with Crippen LogP contribution >= 0.6 is 11.3 Å². The van der Waals surface area contributed by atoms with Gasteiger partial charge in [-0.1, -0.05) is 6.07 Å². The van der Waals surface area contributed by atoms with E-state index in [1.807, 2.05) is 13.1 Å². The van der Waals surface area contributed by atoms with Crippen LogP contribution in [-0.2, 0) is 17.7 Å². The predicted molar refractivity (Wildman–Crippen MR) is 100 cm³/mol. The first-order valence-electron chi connectivity index (χ1n) is 8.92. The van der Waals surface area contributed by atoms with Crippen LogP contribution in [0.15, 0.2) is 35.2 Å². The highest BCUT2D eigenvalue weighted by Crippen LogP contribution is 2.36. The standard InChI is InChI=1S/C20H28N2OS/c1-3-23-16-20(8-6-18-7-11-24-14-18)9-10-22(15-20)13-19-5-4-17(2)21-12-19/h4-5,7,11-12,14H,3,6,8-10,13,15-16H2,1-2H3/t20-/m0/s1. The normalized spacial score (nSPS) is 21.4. The number of aromatic nitrogens is 1. The molecule has 0 unspecified atom stereocenters. The highest BCUT2D eigenvalue weighted by atomic mass is 32.1. The molecule has 3 nitrogen and oxygen atoms in total. The fourth-order valence-electron chi connectivity index (χ4n) is 3.57. The number of hydrogen-bond donors (Lipinski definition) is 0. The van der Waals surface area contributed by atoms with Gasteiger partial charge in [0, 0.05) is 37.0 Å². The fraction of sp³-hybridized carbons (Fsp3) is 0.550. The van der Waals surface area contributed by atoms with Gasteiger partial charge in [0.05, 0.1) is 6.61 Å². The van der Waals surface area contributed by atoms with E-state index in [0.717, 1.165) is 45.0 Å². The van der Waals surface area contributed by atoms with E-state index in [-0.39, 0.29) is 0 Å². The lowest BCUT2D eigenvalue weighted by Crippen LogP contribution is -2.32. The summed E-state index contributed by atoms with van der Waals surface area (Å²) < 4.78 is 5.87. The van der Waals surface area contributed by atoms with Gasteiger partial charge >= 0.3 is 0 Å². The first kappa shape index (κ1) is 17.6. The van der Waals surface area contributed by atoms with Crippen molar-refractivity contribution in [3.63, 3.8) is 0 Å². The number of thiophene rings is 1. The lowest BCUT2D eigenvalue weighted by molar-refractivity contribution is 0.0489. The largest absolute Gasteiger partial charge is 0.381 e. The Morgan fingerprint density at radius 1 is 1.29 bits per heavy atom. The number of aryl methyl sites for hydroxylation is 2. The van der Waals surface area contributed by atoms with Gasteiger partial charge in [-0.15, -0.1) is 0 Å². The van der Waals surface area contributed by atoms with Gasteiger partial charge in [-0.3, -0.25) is 9.88 Å². The van der Waals surface area contributed by atoms with E-state index < -0.39 is 0 Å². The number of pyridine rings is 1. The smallest absolute Gasteiger partial charge is 0.0535 e. The Balaban J connectivity index is 1.60. The molecule has 0 spiro atoms. The van der Waals surface area contributed by atoms with Crippen LogP contribution < -0.4 is 0 Å². The zero-order valence-corrected chi connectivity index (χ0v) is 15.6. The maximum atomic E-state index is 5.87. The number of likely N-dealkylation sites (tertiary alicyclic amines) is 1. The van der Waals surface area contributed by atoms with E-state index >= 15 is 0 Å². The monoisotopic (exact) mass is 344 g/mol. The molecule has 0 radical (unpaired) electrons. The van der Waals surface area contributed by atoms with Gasteiger partial charge in [-0.25, -0.2) is 0 Å². The molecule has 0 amide bonds. The first-order valence-corrected chi connectivity index (χ1v) is 9.86. The Hall–Kier alpha value is -1.23. The third kappa shape index (κ3) is 4.65. The highest BCUT2D eigenvalue weighted by molar-refractivity contribution is 7.07. The van der Waals surface area contributed by atoms with Crippen molar-refractivity contribution in [3.8, 4) is 0 Å². The maximum absolute atomic E-state index is 5.87. The quantitative estimate of drug-likeness (QED) is 0.713. The molecule has 0 saturated carbocycles. The zero-order valence-electron chi connectivity index (χ0n) is 14.8. The van der Waals surface area contributed by atoms with Crippen LogP contribution in [0.3, 0.4) is 0 Å². The van der Waals surface area contributed by atoms with Gasteiger partial charge in [0.1, 0.15) is 0 Å². The van der Waals surface area contributed by atoms with Crippen molar-refractivity contribution in [2.45, 2.75) is 39.7 Å². The van der Waals surface area contributed by atoms with Gasteiger partial charge in [-0.2, -0.15) is 11.3 Å². The molecule has 3 heterocycles. The van der Waals surface area contributed by atoms with E-state index in [9.17, 15) is 0 Å². The van der Waals surface area contributed by atoms with Crippen molar-refractivity contribution in [2.24, 2.45) is 5.41 Å². The highest BCUT2D eigenvalue weighted by Gasteiger charge is 2.37. The molecule has 2 aromatic heterocycles. The molecule has 1 fully saturated rings. The molecule has 24 heavy (non-hydrogen) atoms. The number of nitrogens with zero attached hydrogens (tertiary/aromatic N) is 2.